The minimum absolute atomic E-state index is 0.00828. The summed E-state index contributed by atoms with van der Waals surface area (Å²) in [6.45, 7) is 5.00. The molecule has 1 amide bonds. The first-order chi connectivity index (χ1) is 14.9. The van der Waals surface area contributed by atoms with E-state index in [1.165, 1.54) is 11.3 Å². The number of aryl methyl sites for hydroxylation is 2. The van der Waals surface area contributed by atoms with Crippen molar-refractivity contribution in [2.75, 3.05) is 27.7 Å². The highest BCUT2D eigenvalue weighted by molar-refractivity contribution is 7.20. The highest BCUT2D eigenvalue weighted by Gasteiger charge is 2.21. The number of carbonyl (C=O) groups excluding carboxylic acids is 1. The molecule has 1 N–H and O–H groups in total. The van der Waals surface area contributed by atoms with Crippen molar-refractivity contribution in [1.29, 1.82) is 0 Å². The van der Waals surface area contributed by atoms with Crippen LogP contribution in [0, 0.1) is 6.92 Å². The summed E-state index contributed by atoms with van der Waals surface area (Å²) in [5, 5.41) is 3.59. The molecule has 3 aromatic rings. The molecule has 1 atom stereocenters. The van der Waals surface area contributed by atoms with Gasteiger partial charge in [-0.1, -0.05) is 25.5 Å². The minimum atomic E-state index is -0.180. The topological polar surface area (TPSA) is 76.5 Å². The fourth-order valence-electron chi connectivity index (χ4n) is 3.56. The van der Waals surface area contributed by atoms with Crippen molar-refractivity contribution < 1.29 is 9.53 Å². The van der Waals surface area contributed by atoms with Gasteiger partial charge in [-0.3, -0.25) is 14.2 Å². The van der Waals surface area contributed by atoms with Crippen LogP contribution in [0.3, 0.4) is 0 Å². The normalized spacial score (nSPS) is 12.3. The van der Waals surface area contributed by atoms with E-state index in [4.69, 9.17) is 4.74 Å². The van der Waals surface area contributed by atoms with Gasteiger partial charge in [0.2, 0.25) is 0 Å². The number of thiophene rings is 1. The van der Waals surface area contributed by atoms with E-state index in [1.807, 2.05) is 45.3 Å². The first-order valence-corrected chi connectivity index (χ1v) is 11.3. The lowest BCUT2D eigenvalue weighted by Gasteiger charge is -2.25. The summed E-state index contributed by atoms with van der Waals surface area (Å²) >= 11 is 1.27. The Labute approximate surface area is 186 Å². The lowest BCUT2D eigenvalue weighted by molar-refractivity contribution is 0.0945. The molecular formula is C23H30N4O3S. The number of amides is 1. The van der Waals surface area contributed by atoms with Crippen LogP contribution in [0.1, 0.15) is 46.6 Å². The molecule has 0 bridgehead atoms. The summed E-state index contributed by atoms with van der Waals surface area (Å²) in [5.74, 6) is 0.614. The lowest BCUT2D eigenvalue weighted by Crippen LogP contribution is -2.34. The molecule has 3 rings (SSSR count). The molecule has 0 saturated heterocycles. The van der Waals surface area contributed by atoms with Gasteiger partial charge in [-0.15, -0.1) is 11.3 Å². The average Bonchev–Trinajstić information content (AvgIpc) is 3.10. The molecule has 0 aliphatic heterocycles. The fourth-order valence-corrected chi connectivity index (χ4v) is 4.61. The number of rotatable bonds is 9. The molecule has 166 valence electrons. The third-order valence-corrected chi connectivity index (χ3v) is 6.65. The quantitative estimate of drug-likeness (QED) is 0.548. The largest absolute Gasteiger partial charge is 0.497 e. The zero-order chi connectivity index (χ0) is 22.5. The summed E-state index contributed by atoms with van der Waals surface area (Å²) in [4.78, 5) is 33.5. The highest BCUT2D eigenvalue weighted by Crippen LogP contribution is 2.27. The second-order valence-corrected chi connectivity index (χ2v) is 8.79. The second-order valence-electron chi connectivity index (χ2n) is 7.80. The van der Waals surface area contributed by atoms with Crippen LogP contribution in [-0.4, -0.2) is 48.1 Å². The number of nitrogens with zero attached hydrogens (tertiary/aromatic N) is 3. The SMILES string of the molecule is CCCCn1cnc2sc(C(=O)NCC(c3ccc(OC)cc3)N(C)C)c(C)c2c1=O. The van der Waals surface area contributed by atoms with Gasteiger partial charge < -0.3 is 15.0 Å². The Kier molecular flexibility index (Phi) is 7.46. The number of unbranched alkanes of at least 4 members (excludes halogenated alkanes) is 1. The van der Waals surface area contributed by atoms with Crippen LogP contribution in [0.4, 0.5) is 0 Å². The average molecular weight is 443 g/mol. The molecule has 2 heterocycles. The number of likely N-dealkylation sites (N-methyl/N-ethyl adjacent to an activating group) is 1. The van der Waals surface area contributed by atoms with Gasteiger partial charge in [-0.2, -0.15) is 0 Å². The van der Waals surface area contributed by atoms with Gasteiger partial charge in [0.15, 0.2) is 0 Å². The van der Waals surface area contributed by atoms with Crippen LogP contribution in [0.25, 0.3) is 10.2 Å². The van der Waals surface area contributed by atoms with Gasteiger partial charge in [0, 0.05) is 13.1 Å². The molecule has 0 fully saturated rings. The predicted molar refractivity (Wildman–Crippen MR) is 125 cm³/mol. The molecular weight excluding hydrogens is 412 g/mol. The Balaban J connectivity index is 1.81. The van der Waals surface area contributed by atoms with E-state index in [9.17, 15) is 9.59 Å². The molecule has 0 aliphatic rings. The number of aromatic nitrogens is 2. The Morgan fingerprint density at radius 1 is 1.29 bits per heavy atom. The monoisotopic (exact) mass is 442 g/mol. The molecule has 0 spiro atoms. The molecule has 7 nitrogen and oxygen atoms in total. The fraction of sp³-hybridized carbons (Fsp3) is 0.435. The number of benzene rings is 1. The van der Waals surface area contributed by atoms with E-state index >= 15 is 0 Å². The van der Waals surface area contributed by atoms with E-state index in [-0.39, 0.29) is 17.5 Å². The van der Waals surface area contributed by atoms with Crippen LogP contribution in [0.2, 0.25) is 0 Å². The maximum atomic E-state index is 13.0. The van der Waals surface area contributed by atoms with Crippen LogP contribution in [-0.2, 0) is 6.54 Å². The van der Waals surface area contributed by atoms with E-state index in [0.29, 0.717) is 33.7 Å². The molecule has 0 saturated carbocycles. The molecule has 2 aromatic heterocycles. The molecule has 0 radical (unpaired) electrons. The van der Waals surface area contributed by atoms with Gasteiger partial charge in [0.1, 0.15) is 10.6 Å². The van der Waals surface area contributed by atoms with Crippen molar-refractivity contribution in [3.63, 3.8) is 0 Å². The maximum absolute atomic E-state index is 13.0. The van der Waals surface area contributed by atoms with Crippen molar-refractivity contribution >= 4 is 27.5 Å². The zero-order valence-electron chi connectivity index (χ0n) is 18.8. The third kappa shape index (κ3) is 4.97. The Hall–Kier alpha value is -2.71. The first-order valence-electron chi connectivity index (χ1n) is 10.4. The van der Waals surface area contributed by atoms with Crippen LogP contribution >= 0.6 is 11.3 Å². The van der Waals surface area contributed by atoms with Crippen LogP contribution < -0.4 is 15.6 Å². The smallest absolute Gasteiger partial charge is 0.262 e. The van der Waals surface area contributed by atoms with Gasteiger partial charge in [-0.25, -0.2) is 4.98 Å². The van der Waals surface area contributed by atoms with Gasteiger partial charge in [-0.05, 0) is 50.7 Å². The highest BCUT2D eigenvalue weighted by atomic mass is 32.1. The third-order valence-electron chi connectivity index (χ3n) is 5.46. The predicted octanol–water partition coefficient (Wildman–Crippen LogP) is 3.61. The molecule has 1 aromatic carbocycles. The minimum Gasteiger partial charge on any atom is -0.497 e. The van der Waals surface area contributed by atoms with Crippen LogP contribution in [0.15, 0.2) is 35.4 Å². The van der Waals surface area contributed by atoms with Crippen molar-refractivity contribution in [3.05, 3.63) is 57.0 Å². The molecule has 31 heavy (non-hydrogen) atoms. The number of nitrogens with one attached hydrogen (secondary N) is 1. The number of carbonyl (C=O) groups is 1. The standard InChI is InChI=1S/C23H30N4O3S/c1-6-7-12-27-14-25-22-19(23(27)29)15(2)20(31-22)21(28)24-13-18(26(3)4)16-8-10-17(30-5)11-9-16/h8-11,14,18H,6-7,12-13H2,1-5H3,(H,24,28). The summed E-state index contributed by atoms with van der Waals surface area (Å²) in [7, 11) is 5.60. The first kappa shape index (κ1) is 23.0. The summed E-state index contributed by atoms with van der Waals surface area (Å²) in [5.41, 5.74) is 1.71. The maximum Gasteiger partial charge on any atom is 0.262 e. The van der Waals surface area contributed by atoms with E-state index < -0.39 is 0 Å². The number of methoxy groups -OCH3 is 1. The zero-order valence-corrected chi connectivity index (χ0v) is 19.6. The number of ether oxygens (including phenoxy) is 1. The molecule has 8 heteroatoms. The van der Waals surface area contributed by atoms with Gasteiger partial charge in [0.05, 0.1) is 29.7 Å². The van der Waals surface area contributed by atoms with Crippen LogP contribution in [0.5, 0.6) is 5.75 Å². The lowest BCUT2D eigenvalue weighted by atomic mass is 10.1. The van der Waals surface area contributed by atoms with Crippen molar-refractivity contribution in [2.45, 2.75) is 39.3 Å². The van der Waals surface area contributed by atoms with Crippen molar-refractivity contribution in [1.82, 2.24) is 19.8 Å². The summed E-state index contributed by atoms with van der Waals surface area (Å²) in [6, 6.07) is 7.85. The summed E-state index contributed by atoms with van der Waals surface area (Å²) < 4.78 is 6.87. The Morgan fingerprint density at radius 2 is 2.00 bits per heavy atom. The van der Waals surface area contributed by atoms with E-state index in [0.717, 1.165) is 24.2 Å². The molecule has 0 aliphatic carbocycles. The van der Waals surface area contributed by atoms with E-state index in [2.05, 4.69) is 22.1 Å². The van der Waals surface area contributed by atoms with Gasteiger partial charge in [0.25, 0.3) is 11.5 Å². The number of hydrogen-bond acceptors (Lipinski definition) is 6. The van der Waals surface area contributed by atoms with Crippen molar-refractivity contribution in [3.8, 4) is 5.75 Å². The Bertz CT molecular complexity index is 1100. The molecule has 1 unspecified atom stereocenters. The van der Waals surface area contributed by atoms with Gasteiger partial charge >= 0.3 is 0 Å². The van der Waals surface area contributed by atoms with E-state index in [1.54, 1.807) is 18.0 Å². The Morgan fingerprint density at radius 3 is 2.61 bits per heavy atom. The van der Waals surface area contributed by atoms with Crippen molar-refractivity contribution in [2.24, 2.45) is 0 Å². The second kappa shape index (κ2) is 10.1. The summed E-state index contributed by atoms with van der Waals surface area (Å²) in [6.07, 6.45) is 3.51. The number of fused-ring (bicyclic) bond motifs is 1. The number of hydrogen-bond donors (Lipinski definition) is 1.